The van der Waals surface area contributed by atoms with Gasteiger partial charge in [-0.1, -0.05) is 24.3 Å². The molecule has 4 N–H and O–H groups in total. The number of carbonyl (C=O) groups excluding carboxylic acids is 2. The van der Waals surface area contributed by atoms with Gasteiger partial charge in [-0.05, 0) is 30.2 Å². The minimum Gasteiger partial charge on any atom is -0.489 e. The fourth-order valence-electron chi connectivity index (χ4n) is 3.37. The average Bonchev–Trinajstić information content (AvgIpc) is 2.81. The Morgan fingerprint density at radius 3 is 2.57 bits per heavy atom. The molecule has 0 bridgehead atoms. The first-order valence-corrected chi connectivity index (χ1v) is 9.49. The van der Waals surface area contributed by atoms with Gasteiger partial charge in [-0.15, -0.1) is 0 Å². The predicted octanol–water partition coefficient (Wildman–Crippen LogP) is 2.58. The molecule has 0 fully saturated rings. The fourth-order valence-corrected chi connectivity index (χ4v) is 3.37. The number of carboxylic acids is 1. The van der Waals surface area contributed by atoms with Crippen LogP contribution >= 0.6 is 0 Å². The zero-order chi connectivity index (χ0) is 21.8. The number of fused-ring (bicyclic) bond motifs is 1. The van der Waals surface area contributed by atoms with E-state index in [1.807, 2.05) is 0 Å². The Bertz CT molecular complexity index is 1000. The van der Waals surface area contributed by atoms with Gasteiger partial charge in [0.2, 0.25) is 5.91 Å². The monoisotopic (exact) mass is 409 g/mol. The topological polar surface area (TPSA) is 134 Å². The molecule has 2 aromatic carbocycles. The molecule has 0 aromatic heterocycles. The highest BCUT2D eigenvalue weighted by Gasteiger charge is 2.32. The molecule has 3 rings (SSSR count). The Morgan fingerprint density at radius 2 is 1.93 bits per heavy atom. The average molecular weight is 409 g/mol. The minimum atomic E-state index is -0.999. The second-order valence-electron chi connectivity index (χ2n) is 7.23. The summed E-state index contributed by atoms with van der Waals surface area (Å²) in [5, 5.41) is 16.4. The van der Waals surface area contributed by atoms with E-state index < -0.39 is 11.9 Å². The molecule has 1 heterocycles. The highest BCUT2D eigenvalue weighted by Crippen LogP contribution is 2.33. The van der Waals surface area contributed by atoms with Crippen molar-refractivity contribution < 1.29 is 24.2 Å². The predicted molar refractivity (Wildman–Crippen MR) is 111 cm³/mol. The van der Waals surface area contributed by atoms with Crippen molar-refractivity contribution >= 4 is 29.2 Å². The molecule has 1 aliphatic heterocycles. The molecule has 0 saturated carbocycles. The van der Waals surface area contributed by atoms with E-state index in [0.29, 0.717) is 22.6 Å². The number of benzene rings is 2. The van der Waals surface area contributed by atoms with Crippen LogP contribution in [0, 0.1) is 11.3 Å². The molecule has 0 spiro atoms. The van der Waals surface area contributed by atoms with E-state index >= 15 is 0 Å². The number of carbonyl (C=O) groups is 3. The Labute approximate surface area is 173 Å². The van der Waals surface area contributed by atoms with Crippen molar-refractivity contribution in [3.8, 4) is 5.75 Å². The van der Waals surface area contributed by atoms with Gasteiger partial charge in [0.25, 0.3) is 0 Å². The molecule has 1 amide bonds. The number of amides is 1. The lowest BCUT2D eigenvalue weighted by atomic mass is 9.91. The maximum atomic E-state index is 13.0. The number of hydrogen-bond donors (Lipinski definition) is 3. The normalized spacial score (nSPS) is 16.0. The van der Waals surface area contributed by atoms with E-state index in [1.54, 1.807) is 49.5 Å². The number of rotatable bonds is 7. The summed E-state index contributed by atoms with van der Waals surface area (Å²) in [6.07, 6.45) is -0.0774. The molecular formula is C22H23N3O5. The van der Waals surface area contributed by atoms with E-state index in [4.69, 9.17) is 21.0 Å². The molecule has 156 valence electrons. The number of nitrogen functional groups attached to an aromatic ring is 1. The van der Waals surface area contributed by atoms with Gasteiger partial charge >= 0.3 is 5.97 Å². The molecular weight excluding hydrogens is 386 g/mol. The standard InChI is InChI=1S/C22H23N3O5/c1-25-18-8-7-16(30-12-13-2-4-14(5-3-13)22(23)24)11-17(18)21(29)15(10-19(25)26)6-9-20(27)28/h2-5,7-8,11,15H,6,9-10,12H2,1H3,(H3,23,24)(H,27,28). The largest absolute Gasteiger partial charge is 0.489 e. The van der Waals surface area contributed by atoms with Gasteiger partial charge in [0.05, 0.1) is 5.69 Å². The van der Waals surface area contributed by atoms with Crippen molar-refractivity contribution in [1.29, 1.82) is 5.41 Å². The summed E-state index contributed by atoms with van der Waals surface area (Å²) in [7, 11) is 1.60. The van der Waals surface area contributed by atoms with Crippen molar-refractivity contribution in [2.45, 2.75) is 25.9 Å². The highest BCUT2D eigenvalue weighted by atomic mass is 16.5. The van der Waals surface area contributed by atoms with Gasteiger partial charge in [0.1, 0.15) is 18.2 Å². The fraction of sp³-hybridized carbons (Fsp3) is 0.273. The number of nitrogens with two attached hydrogens (primary N) is 1. The van der Waals surface area contributed by atoms with Crippen molar-refractivity contribution in [3.05, 3.63) is 59.2 Å². The summed E-state index contributed by atoms with van der Waals surface area (Å²) in [6, 6.07) is 12.0. The molecule has 30 heavy (non-hydrogen) atoms. The Kier molecular flexibility index (Phi) is 6.15. The number of amidine groups is 1. The number of aliphatic carboxylic acids is 1. The number of anilines is 1. The Balaban J connectivity index is 1.80. The van der Waals surface area contributed by atoms with Crippen LogP contribution in [0.2, 0.25) is 0 Å². The summed E-state index contributed by atoms with van der Waals surface area (Å²) in [5.41, 5.74) is 7.77. The van der Waals surface area contributed by atoms with E-state index in [9.17, 15) is 14.4 Å². The lowest BCUT2D eigenvalue weighted by Gasteiger charge is -2.17. The Morgan fingerprint density at radius 1 is 1.23 bits per heavy atom. The number of ketones is 1. The highest BCUT2D eigenvalue weighted by molar-refractivity contribution is 6.11. The van der Waals surface area contributed by atoms with Crippen LogP contribution in [0.3, 0.4) is 0 Å². The second kappa shape index (κ2) is 8.77. The molecule has 0 aliphatic carbocycles. The van der Waals surface area contributed by atoms with E-state index in [1.165, 1.54) is 4.90 Å². The van der Waals surface area contributed by atoms with Gasteiger partial charge < -0.3 is 20.5 Å². The van der Waals surface area contributed by atoms with Crippen molar-refractivity contribution in [2.75, 3.05) is 11.9 Å². The third-order valence-corrected chi connectivity index (χ3v) is 5.14. The maximum absolute atomic E-state index is 13.0. The van der Waals surface area contributed by atoms with Gasteiger partial charge in [-0.2, -0.15) is 0 Å². The van der Waals surface area contributed by atoms with Crippen molar-refractivity contribution in [3.63, 3.8) is 0 Å². The van der Waals surface area contributed by atoms with Crippen LogP contribution in [0.15, 0.2) is 42.5 Å². The first-order valence-electron chi connectivity index (χ1n) is 9.49. The molecule has 0 radical (unpaired) electrons. The van der Waals surface area contributed by atoms with Crippen molar-refractivity contribution in [2.24, 2.45) is 11.7 Å². The third-order valence-electron chi connectivity index (χ3n) is 5.14. The summed E-state index contributed by atoms with van der Waals surface area (Å²) < 4.78 is 5.81. The lowest BCUT2D eigenvalue weighted by Crippen LogP contribution is -2.26. The van der Waals surface area contributed by atoms with Gasteiger partial charge in [-0.3, -0.25) is 19.8 Å². The van der Waals surface area contributed by atoms with E-state index in [-0.39, 0.29) is 43.4 Å². The van der Waals surface area contributed by atoms with Gasteiger partial charge in [0, 0.05) is 36.9 Å². The summed E-state index contributed by atoms with van der Waals surface area (Å²) in [5.74, 6) is -1.69. The molecule has 0 saturated heterocycles. The summed E-state index contributed by atoms with van der Waals surface area (Å²) in [6.45, 7) is 0.252. The minimum absolute atomic E-state index is 0.0112. The van der Waals surface area contributed by atoms with Gasteiger partial charge in [-0.25, -0.2) is 0 Å². The zero-order valence-electron chi connectivity index (χ0n) is 16.6. The Hall–Kier alpha value is -3.68. The van der Waals surface area contributed by atoms with E-state index in [0.717, 1.165) is 5.56 Å². The first kappa shape index (κ1) is 21.0. The van der Waals surface area contributed by atoms with Crippen LogP contribution in [-0.4, -0.2) is 35.6 Å². The number of hydrogen-bond acceptors (Lipinski definition) is 5. The molecule has 2 aromatic rings. The molecule has 8 heteroatoms. The molecule has 1 unspecified atom stereocenters. The number of Topliss-reactive ketones (excluding diaryl/α,β-unsaturated/α-hetero) is 1. The van der Waals surface area contributed by atoms with Gasteiger partial charge in [0.15, 0.2) is 5.78 Å². The van der Waals surface area contributed by atoms with Crippen LogP contribution in [0.4, 0.5) is 5.69 Å². The van der Waals surface area contributed by atoms with Crippen LogP contribution in [0.5, 0.6) is 5.75 Å². The summed E-state index contributed by atoms with van der Waals surface area (Å²) >= 11 is 0. The van der Waals surface area contributed by atoms with Crippen LogP contribution in [-0.2, 0) is 16.2 Å². The van der Waals surface area contributed by atoms with Crippen LogP contribution in [0.25, 0.3) is 0 Å². The number of nitrogens with one attached hydrogen (secondary N) is 1. The molecule has 1 atom stereocenters. The van der Waals surface area contributed by atoms with E-state index in [2.05, 4.69) is 0 Å². The first-order chi connectivity index (χ1) is 14.3. The smallest absolute Gasteiger partial charge is 0.303 e. The second-order valence-corrected chi connectivity index (χ2v) is 7.23. The molecule has 8 nitrogen and oxygen atoms in total. The summed E-state index contributed by atoms with van der Waals surface area (Å²) in [4.78, 5) is 37.8. The van der Waals surface area contributed by atoms with Crippen LogP contribution < -0.4 is 15.4 Å². The SMILES string of the molecule is CN1C(=O)CC(CCC(=O)O)C(=O)c2cc(OCc3ccc(C(=N)N)cc3)ccc21. The maximum Gasteiger partial charge on any atom is 0.303 e. The third kappa shape index (κ3) is 4.65. The number of nitrogens with zero attached hydrogens (tertiary/aromatic N) is 1. The quantitative estimate of drug-likeness (QED) is 0.475. The van der Waals surface area contributed by atoms with Crippen LogP contribution in [0.1, 0.15) is 40.7 Å². The molecule has 1 aliphatic rings. The van der Waals surface area contributed by atoms with Crippen molar-refractivity contribution in [1.82, 2.24) is 0 Å². The zero-order valence-corrected chi connectivity index (χ0v) is 16.6. The number of carboxylic acid groups (broad SMARTS) is 1. The number of ether oxygens (including phenoxy) is 1. The lowest BCUT2D eigenvalue weighted by molar-refractivity contribution is -0.137.